The van der Waals surface area contributed by atoms with Gasteiger partial charge in [0.2, 0.25) is 0 Å². The Labute approximate surface area is 137 Å². The molecular formula is C19H26N2O2. The lowest BCUT2D eigenvalue weighted by Crippen LogP contribution is -2.49. The lowest BCUT2D eigenvalue weighted by atomic mass is 9.99. The second-order valence-corrected chi connectivity index (χ2v) is 7.09. The zero-order chi connectivity index (χ0) is 15.9. The minimum Gasteiger partial charge on any atom is -0.497 e. The first-order valence-electron chi connectivity index (χ1n) is 8.71. The van der Waals surface area contributed by atoms with Gasteiger partial charge in [-0.2, -0.15) is 0 Å². The molecule has 124 valence electrons. The number of aromatic nitrogens is 1. The van der Waals surface area contributed by atoms with Crippen LogP contribution in [0.15, 0.2) is 18.2 Å². The first kappa shape index (κ1) is 15.0. The monoisotopic (exact) mass is 314 g/mol. The molecule has 1 saturated carbocycles. The van der Waals surface area contributed by atoms with Gasteiger partial charge in [-0.1, -0.05) is 12.8 Å². The molecule has 1 aromatic heterocycles. The number of benzene rings is 1. The molecule has 1 saturated heterocycles. The van der Waals surface area contributed by atoms with Crippen LogP contribution in [0.25, 0.3) is 10.9 Å². The molecule has 1 aliphatic heterocycles. The molecule has 0 amide bonds. The second-order valence-electron chi connectivity index (χ2n) is 7.09. The van der Waals surface area contributed by atoms with Crippen LogP contribution in [0.5, 0.6) is 5.75 Å². The van der Waals surface area contributed by atoms with Gasteiger partial charge in [-0.05, 0) is 43.5 Å². The van der Waals surface area contributed by atoms with Gasteiger partial charge in [0.25, 0.3) is 0 Å². The van der Waals surface area contributed by atoms with Crippen molar-refractivity contribution in [2.45, 2.75) is 44.8 Å². The van der Waals surface area contributed by atoms with Gasteiger partial charge in [-0.3, -0.25) is 4.90 Å². The molecule has 4 rings (SSSR count). The molecule has 4 heteroatoms. The number of nitrogens with one attached hydrogen (secondary N) is 1. The minimum absolute atomic E-state index is 0.140. The SMILES string of the molecule is COc1ccc2[nH]c(CN3CCOC4(CCCC4)C3)c(C)c2c1. The molecular weight excluding hydrogens is 288 g/mol. The Hall–Kier alpha value is -1.52. The number of hydrogen-bond donors (Lipinski definition) is 1. The van der Waals surface area contributed by atoms with Crippen LogP contribution in [0.1, 0.15) is 36.9 Å². The number of H-pyrrole nitrogens is 1. The van der Waals surface area contributed by atoms with Crippen molar-refractivity contribution in [3.63, 3.8) is 0 Å². The highest BCUT2D eigenvalue weighted by molar-refractivity contribution is 5.85. The number of nitrogens with zero attached hydrogens (tertiary/aromatic N) is 1. The quantitative estimate of drug-likeness (QED) is 0.940. The molecule has 2 aromatic rings. The summed E-state index contributed by atoms with van der Waals surface area (Å²) in [5.41, 5.74) is 4.00. The second kappa shape index (κ2) is 5.84. The van der Waals surface area contributed by atoms with Gasteiger partial charge in [-0.15, -0.1) is 0 Å². The van der Waals surface area contributed by atoms with Crippen molar-refractivity contribution in [2.24, 2.45) is 0 Å². The average Bonchev–Trinajstić information content (AvgIpc) is 3.13. The Kier molecular flexibility index (Phi) is 3.82. The highest BCUT2D eigenvalue weighted by Crippen LogP contribution is 2.36. The molecule has 1 spiro atoms. The molecule has 2 heterocycles. The maximum Gasteiger partial charge on any atom is 0.119 e. The van der Waals surface area contributed by atoms with Crippen LogP contribution >= 0.6 is 0 Å². The van der Waals surface area contributed by atoms with Crippen LogP contribution in [0.3, 0.4) is 0 Å². The van der Waals surface area contributed by atoms with E-state index in [1.165, 1.54) is 47.8 Å². The summed E-state index contributed by atoms with van der Waals surface area (Å²) in [7, 11) is 1.72. The maximum absolute atomic E-state index is 6.15. The standard InChI is InChI=1S/C19H26N2O2/c1-14-16-11-15(22-2)5-6-17(16)20-18(14)12-21-9-10-23-19(13-21)7-3-4-8-19/h5-6,11,20H,3-4,7-10,12-13H2,1-2H3. The van der Waals surface area contributed by atoms with Crippen molar-refractivity contribution in [3.05, 3.63) is 29.5 Å². The van der Waals surface area contributed by atoms with E-state index in [9.17, 15) is 0 Å². The fourth-order valence-electron chi connectivity index (χ4n) is 4.25. The van der Waals surface area contributed by atoms with Crippen molar-refractivity contribution in [1.82, 2.24) is 9.88 Å². The van der Waals surface area contributed by atoms with Crippen molar-refractivity contribution in [1.29, 1.82) is 0 Å². The highest BCUT2D eigenvalue weighted by Gasteiger charge is 2.39. The zero-order valence-electron chi connectivity index (χ0n) is 14.2. The van der Waals surface area contributed by atoms with E-state index in [0.29, 0.717) is 0 Å². The van der Waals surface area contributed by atoms with Gasteiger partial charge in [0.1, 0.15) is 5.75 Å². The van der Waals surface area contributed by atoms with E-state index < -0.39 is 0 Å². The Bertz CT molecular complexity index is 701. The van der Waals surface area contributed by atoms with Gasteiger partial charge in [0, 0.05) is 36.2 Å². The minimum atomic E-state index is 0.140. The van der Waals surface area contributed by atoms with Crippen LogP contribution in [-0.2, 0) is 11.3 Å². The van der Waals surface area contributed by atoms with E-state index in [-0.39, 0.29) is 5.60 Å². The summed E-state index contributed by atoms with van der Waals surface area (Å²) in [5, 5.41) is 1.27. The van der Waals surface area contributed by atoms with Gasteiger partial charge in [0.05, 0.1) is 19.3 Å². The number of morpholine rings is 1. The molecule has 2 aliphatic rings. The molecule has 0 bridgehead atoms. The number of ether oxygens (including phenoxy) is 2. The number of rotatable bonds is 3. The molecule has 1 N–H and O–H groups in total. The lowest BCUT2D eigenvalue weighted by molar-refractivity contribution is -0.107. The van der Waals surface area contributed by atoms with E-state index in [4.69, 9.17) is 9.47 Å². The summed E-state index contributed by atoms with van der Waals surface area (Å²) in [6, 6.07) is 6.26. The third-order valence-electron chi connectivity index (χ3n) is 5.59. The van der Waals surface area contributed by atoms with Crippen LogP contribution in [-0.4, -0.2) is 42.3 Å². The first-order valence-corrected chi connectivity index (χ1v) is 8.71. The van der Waals surface area contributed by atoms with Gasteiger partial charge in [-0.25, -0.2) is 0 Å². The summed E-state index contributed by atoms with van der Waals surface area (Å²) < 4.78 is 11.5. The topological polar surface area (TPSA) is 37.5 Å². The van der Waals surface area contributed by atoms with Gasteiger partial charge >= 0.3 is 0 Å². The Morgan fingerprint density at radius 1 is 1.30 bits per heavy atom. The smallest absolute Gasteiger partial charge is 0.119 e. The summed E-state index contributed by atoms with van der Waals surface area (Å²) >= 11 is 0. The van der Waals surface area contributed by atoms with Gasteiger partial charge < -0.3 is 14.5 Å². The van der Waals surface area contributed by atoms with Crippen molar-refractivity contribution >= 4 is 10.9 Å². The van der Waals surface area contributed by atoms with Crippen LogP contribution in [0, 0.1) is 6.92 Å². The number of methoxy groups -OCH3 is 1. The van der Waals surface area contributed by atoms with E-state index in [1.807, 2.05) is 6.07 Å². The summed E-state index contributed by atoms with van der Waals surface area (Å²) in [6.45, 7) is 6.16. The third-order valence-corrected chi connectivity index (χ3v) is 5.59. The average molecular weight is 314 g/mol. The van der Waals surface area contributed by atoms with Crippen molar-refractivity contribution < 1.29 is 9.47 Å². The first-order chi connectivity index (χ1) is 11.2. The number of fused-ring (bicyclic) bond motifs is 1. The van der Waals surface area contributed by atoms with Crippen molar-refractivity contribution in [2.75, 3.05) is 26.8 Å². The molecule has 23 heavy (non-hydrogen) atoms. The maximum atomic E-state index is 6.15. The van der Waals surface area contributed by atoms with Crippen LogP contribution in [0.2, 0.25) is 0 Å². The third kappa shape index (κ3) is 2.74. The van der Waals surface area contributed by atoms with Crippen LogP contribution < -0.4 is 4.74 Å². The largest absolute Gasteiger partial charge is 0.497 e. The normalized spacial score (nSPS) is 21.3. The summed E-state index contributed by atoms with van der Waals surface area (Å²) in [5.74, 6) is 0.919. The number of hydrogen-bond acceptors (Lipinski definition) is 3. The number of aryl methyl sites for hydroxylation is 1. The Morgan fingerprint density at radius 3 is 2.91 bits per heavy atom. The highest BCUT2D eigenvalue weighted by atomic mass is 16.5. The fraction of sp³-hybridized carbons (Fsp3) is 0.579. The predicted octanol–water partition coefficient (Wildman–Crippen LogP) is 3.63. The van der Waals surface area contributed by atoms with Crippen LogP contribution in [0.4, 0.5) is 0 Å². The van der Waals surface area contributed by atoms with Crippen molar-refractivity contribution in [3.8, 4) is 5.75 Å². The fourth-order valence-corrected chi connectivity index (χ4v) is 4.25. The van der Waals surface area contributed by atoms with E-state index in [0.717, 1.165) is 32.0 Å². The molecule has 0 atom stereocenters. The molecule has 4 nitrogen and oxygen atoms in total. The molecule has 0 radical (unpaired) electrons. The summed E-state index contributed by atoms with van der Waals surface area (Å²) in [6.07, 6.45) is 5.09. The molecule has 0 unspecified atom stereocenters. The van der Waals surface area contributed by atoms with E-state index in [2.05, 4.69) is 28.9 Å². The summed E-state index contributed by atoms with van der Waals surface area (Å²) in [4.78, 5) is 6.16. The molecule has 2 fully saturated rings. The molecule has 1 aliphatic carbocycles. The van der Waals surface area contributed by atoms with E-state index >= 15 is 0 Å². The Balaban J connectivity index is 1.56. The number of aromatic amines is 1. The molecule has 1 aromatic carbocycles. The lowest BCUT2D eigenvalue weighted by Gasteiger charge is -2.40. The predicted molar refractivity (Wildman–Crippen MR) is 92.0 cm³/mol. The zero-order valence-corrected chi connectivity index (χ0v) is 14.2. The van der Waals surface area contributed by atoms with E-state index in [1.54, 1.807) is 7.11 Å². The Morgan fingerprint density at radius 2 is 2.13 bits per heavy atom. The van der Waals surface area contributed by atoms with Gasteiger partial charge in [0.15, 0.2) is 0 Å².